The molecule has 0 saturated heterocycles. The number of rotatable bonds is 3. The number of aliphatic hydroxyl groups is 1. The average molecular weight is 589 g/mol. The molecule has 232 valence electrons. The molecule has 6 fully saturated rings. The SMILES string of the molecule is CC12CC(OC=O)C(O)(C#Cc3ccccc3)CC1CCC1C2CCC2(C)C3CCC4C(OC(=O)O)CCC4C3CCC12. The van der Waals surface area contributed by atoms with Crippen molar-refractivity contribution in [2.24, 2.45) is 58.2 Å². The third kappa shape index (κ3) is 4.71. The van der Waals surface area contributed by atoms with Crippen molar-refractivity contribution in [2.75, 3.05) is 0 Å². The smallest absolute Gasteiger partial charge is 0.460 e. The van der Waals surface area contributed by atoms with E-state index in [4.69, 9.17) is 9.47 Å². The van der Waals surface area contributed by atoms with Crippen LogP contribution in [0.2, 0.25) is 0 Å². The lowest BCUT2D eigenvalue weighted by Crippen LogP contribution is -2.62. The maximum Gasteiger partial charge on any atom is 0.506 e. The third-order valence-corrected chi connectivity index (χ3v) is 14.2. The Morgan fingerprint density at radius 2 is 1.51 bits per heavy atom. The molecule has 0 heterocycles. The number of ether oxygens (including phenoxy) is 2. The Kier molecular flexibility index (Phi) is 7.35. The summed E-state index contributed by atoms with van der Waals surface area (Å²) < 4.78 is 11.0. The molecule has 1 aromatic rings. The van der Waals surface area contributed by atoms with Crippen LogP contribution in [0, 0.1) is 70.0 Å². The molecular formula is C37H48O6. The van der Waals surface area contributed by atoms with Crippen LogP contribution in [0.25, 0.3) is 0 Å². The Bertz CT molecular complexity index is 1280. The molecule has 7 rings (SSSR count). The first-order valence-corrected chi connectivity index (χ1v) is 17.0. The Hall–Kier alpha value is -2.52. The van der Waals surface area contributed by atoms with Gasteiger partial charge in [-0.3, -0.25) is 4.79 Å². The lowest BCUT2D eigenvalue weighted by Gasteiger charge is -2.66. The van der Waals surface area contributed by atoms with Crippen molar-refractivity contribution in [1.29, 1.82) is 0 Å². The Morgan fingerprint density at radius 3 is 2.26 bits per heavy atom. The first-order chi connectivity index (χ1) is 20.7. The van der Waals surface area contributed by atoms with Gasteiger partial charge in [-0.05, 0) is 147 Å². The molecule has 2 N–H and O–H groups in total. The summed E-state index contributed by atoms with van der Waals surface area (Å²) in [7, 11) is 0. The van der Waals surface area contributed by atoms with Gasteiger partial charge in [0.1, 0.15) is 12.2 Å². The number of carbonyl (C=O) groups is 2. The van der Waals surface area contributed by atoms with E-state index in [1.54, 1.807) is 0 Å². The number of carboxylic acid groups (broad SMARTS) is 1. The average Bonchev–Trinajstić information content (AvgIpc) is 3.39. The Labute approximate surface area is 256 Å². The fourth-order valence-corrected chi connectivity index (χ4v) is 12.4. The summed E-state index contributed by atoms with van der Waals surface area (Å²) in [6.07, 6.45) is 11.0. The molecule has 0 aromatic heterocycles. The summed E-state index contributed by atoms with van der Waals surface area (Å²) in [6.45, 7) is 5.55. The minimum atomic E-state index is -1.34. The second kappa shape index (κ2) is 10.8. The number of hydrogen-bond donors (Lipinski definition) is 2. The van der Waals surface area contributed by atoms with E-state index < -0.39 is 17.9 Å². The van der Waals surface area contributed by atoms with Crippen molar-refractivity contribution < 1.29 is 29.3 Å². The van der Waals surface area contributed by atoms with E-state index >= 15 is 0 Å². The molecule has 0 spiro atoms. The molecule has 6 aliphatic rings. The van der Waals surface area contributed by atoms with Gasteiger partial charge < -0.3 is 19.7 Å². The molecule has 0 amide bonds. The molecule has 0 bridgehead atoms. The zero-order chi connectivity index (χ0) is 30.0. The van der Waals surface area contributed by atoms with Crippen molar-refractivity contribution in [3.05, 3.63) is 35.9 Å². The van der Waals surface area contributed by atoms with E-state index in [1.165, 1.54) is 38.5 Å². The molecule has 13 unspecified atom stereocenters. The topological polar surface area (TPSA) is 93.1 Å². The molecule has 0 aliphatic heterocycles. The highest BCUT2D eigenvalue weighted by Crippen LogP contribution is 2.70. The van der Waals surface area contributed by atoms with Crippen LogP contribution in [-0.2, 0) is 14.3 Å². The highest BCUT2D eigenvalue weighted by atomic mass is 16.7. The van der Waals surface area contributed by atoms with Gasteiger partial charge in [0.25, 0.3) is 6.47 Å². The van der Waals surface area contributed by atoms with Crippen molar-refractivity contribution in [3.63, 3.8) is 0 Å². The number of carbonyl (C=O) groups excluding carboxylic acids is 1. The van der Waals surface area contributed by atoms with Crippen LogP contribution in [0.5, 0.6) is 0 Å². The van der Waals surface area contributed by atoms with Crippen molar-refractivity contribution in [1.82, 2.24) is 0 Å². The molecule has 1 aromatic carbocycles. The molecular weight excluding hydrogens is 540 g/mol. The van der Waals surface area contributed by atoms with Gasteiger partial charge in [-0.15, -0.1) is 0 Å². The van der Waals surface area contributed by atoms with Gasteiger partial charge >= 0.3 is 6.16 Å². The fourth-order valence-electron chi connectivity index (χ4n) is 12.4. The first kappa shape index (κ1) is 29.2. The fraction of sp³-hybridized carbons (Fsp3) is 0.730. The van der Waals surface area contributed by atoms with E-state index in [2.05, 4.69) is 25.7 Å². The maximum absolute atomic E-state index is 11.9. The minimum absolute atomic E-state index is 0.0138. The summed E-state index contributed by atoms with van der Waals surface area (Å²) in [5, 5.41) is 21.2. The zero-order valence-corrected chi connectivity index (χ0v) is 25.8. The maximum atomic E-state index is 11.9. The van der Waals surface area contributed by atoms with Crippen LogP contribution in [0.15, 0.2) is 30.3 Å². The predicted molar refractivity (Wildman–Crippen MR) is 162 cm³/mol. The van der Waals surface area contributed by atoms with E-state index in [-0.39, 0.29) is 11.5 Å². The normalized spacial score (nSPS) is 48.1. The standard InChI is InChI=1S/C37H48O6/c1-35-18-17-31-28(30(35)13-10-26-25-12-15-32(43-34(39)40)27(25)11-14-29(26)35)9-8-24-20-37(41,19-16-23-6-4-3-5-7-23)33(42-22-38)21-36(24,31)2/h3-7,22,24-33,41H,8-15,17-18,20-21H2,1-2H3,(H,39,40). The van der Waals surface area contributed by atoms with Crippen LogP contribution >= 0.6 is 0 Å². The van der Waals surface area contributed by atoms with Gasteiger partial charge in [-0.2, -0.15) is 0 Å². The summed E-state index contributed by atoms with van der Waals surface area (Å²) in [4.78, 5) is 23.0. The molecule has 6 heteroatoms. The lowest BCUT2D eigenvalue weighted by atomic mass is 9.39. The van der Waals surface area contributed by atoms with Crippen LogP contribution in [0.4, 0.5) is 4.79 Å². The van der Waals surface area contributed by atoms with Crippen molar-refractivity contribution in [2.45, 2.75) is 109 Å². The predicted octanol–water partition coefficient (Wildman–Crippen LogP) is 7.08. The monoisotopic (exact) mass is 588 g/mol. The van der Waals surface area contributed by atoms with Crippen LogP contribution in [0.3, 0.4) is 0 Å². The van der Waals surface area contributed by atoms with E-state index in [9.17, 15) is 19.8 Å². The number of hydrogen-bond acceptors (Lipinski definition) is 5. The molecule has 43 heavy (non-hydrogen) atoms. The van der Waals surface area contributed by atoms with E-state index in [0.29, 0.717) is 66.2 Å². The molecule has 6 saturated carbocycles. The highest BCUT2D eigenvalue weighted by Gasteiger charge is 2.64. The van der Waals surface area contributed by atoms with Gasteiger partial charge in [-0.1, -0.05) is 43.9 Å². The second-order valence-corrected chi connectivity index (χ2v) is 15.6. The molecule has 0 radical (unpaired) electrons. The van der Waals surface area contributed by atoms with Crippen molar-refractivity contribution in [3.8, 4) is 11.8 Å². The summed E-state index contributed by atoms with van der Waals surface area (Å²) in [5.74, 6) is 11.1. The Morgan fingerprint density at radius 1 is 0.837 bits per heavy atom. The van der Waals surface area contributed by atoms with Gasteiger partial charge in [0, 0.05) is 5.56 Å². The first-order valence-electron chi connectivity index (χ1n) is 17.0. The van der Waals surface area contributed by atoms with Crippen LogP contribution in [-0.4, -0.2) is 40.6 Å². The van der Waals surface area contributed by atoms with Crippen LogP contribution < -0.4 is 0 Å². The van der Waals surface area contributed by atoms with Gasteiger partial charge in [-0.25, -0.2) is 4.79 Å². The zero-order valence-electron chi connectivity index (χ0n) is 25.8. The quantitative estimate of drug-likeness (QED) is 0.223. The summed E-state index contributed by atoms with van der Waals surface area (Å²) in [5.41, 5.74) is -0.132. The second-order valence-electron chi connectivity index (χ2n) is 15.6. The number of fused-ring (bicyclic) bond motifs is 9. The molecule has 6 aliphatic carbocycles. The number of benzene rings is 1. The Balaban J connectivity index is 1.11. The van der Waals surface area contributed by atoms with Gasteiger partial charge in [0.05, 0.1) is 0 Å². The van der Waals surface area contributed by atoms with Crippen LogP contribution in [0.1, 0.15) is 96.5 Å². The largest absolute Gasteiger partial charge is 0.506 e. The highest BCUT2D eigenvalue weighted by molar-refractivity contribution is 5.57. The minimum Gasteiger partial charge on any atom is -0.460 e. The molecule has 13 atom stereocenters. The summed E-state index contributed by atoms with van der Waals surface area (Å²) >= 11 is 0. The lowest BCUT2D eigenvalue weighted by molar-refractivity contribution is -0.205. The summed E-state index contributed by atoms with van der Waals surface area (Å²) in [6, 6.07) is 9.73. The molecule has 6 nitrogen and oxygen atoms in total. The van der Waals surface area contributed by atoms with Crippen molar-refractivity contribution >= 4 is 12.6 Å². The van der Waals surface area contributed by atoms with E-state index in [0.717, 1.165) is 37.2 Å². The third-order valence-electron chi connectivity index (χ3n) is 14.2. The van der Waals surface area contributed by atoms with Gasteiger partial charge in [0.2, 0.25) is 0 Å². The van der Waals surface area contributed by atoms with Gasteiger partial charge in [0.15, 0.2) is 5.60 Å². The van der Waals surface area contributed by atoms with E-state index in [1.807, 2.05) is 30.3 Å².